The molecule has 0 saturated carbocycles. The number of furan rings is 1. The molecule has 0 unspecified atom stereocenters. The van der Waals surface area contributed by atoms with Gasteiger partial charge in [-0.05, 0) is 50.2 Å². The van der Waals surface area contributed by atoms with E-state index in [0.29, 0.717) is 10.9 Å². The Kier molecular flexibility index (Phi) is 4.85. The average molecular weight is 371 g/mol. The van der Waals surface area contributed by atoms with E-state index < -0.39 is 11.8 Å². The molecule has 0 fully saturated rings. The van der Waals surface area contributed by atoms with E-state index >= 15 is 0 Å². The fourth-order valence-electron chi connectivity index (χ4n) is 2.80. The highest BCUT2D eigenvalue weighted by Crippen LogP contribution is 2.37. The first kappa shape index (κ1) is 18.4. The van der Waals surface area contributed by atoms with Gasteiger partial charge in [0.05, 0.1) is 11.7 Å². The molecule has 0 atom stereocenters. The smallest absolute Gasteiger partial charge is 0.340 e. The molecule has 0 aliphatic rings. The van der Waals surface area contributed by atoms with E-state index in [0.717, 1.165) is 0 Å². The molecule has 1 heterocycles. The van der Waals surface area contributed by atoms with Crippen molar-refractivity contribution in [3.63, 3.8) is 0 Å². The Hall–Kier alpha value is -3.35. The standard InChI is InChI=1S/C20H18FNO5/c1-10(2)26-16-8-13-15(9-14(16)19(23)22-3)27-18(17(13)20(24)25)11-4-6-12(21)7-5-11/h4-10H,1-3H3,(H,22,23)(H,24,25). The van der Waals surface area contributed by atoms with Crippen molar-refractivity contribution in [2.45, 2.75) is 20.0 Å². The van der Waals surface area contributed by atoms with Crippen LogP contribution in [-0.4, -0.2) is 30.1 Å². The van der Waals surface area contributed by atoms with Crippen LogP contribution in [0, 0.1) is 5.82 Å². The normalized spacial score (nSPS) is 11.0. The molecule has 2 aromatic carbocycles. The SMILES string of the molecule is CNC(=O)c1cc2oc(-c3ccc(F)cc3)c(C(=O)O)c2cc1OC(C)C. The second-order valence-corrected chi connectivity index (χ2v) is 6.21. The van der Waals surface area contributed by atoms with E-state index in [2.05, 4.69) is 5.32 Å². The summed E-state index contributed by atoms with van der Waals surface area (Å²) >= 11 is 0. The van der Waals surface area contributed by atoms with Crippen molar-refractivity contribution in [1.82, 2.24) is 5.32 Å². The number of aromatic carboxylic acids is 1. The maximum absolute atomic E-state index is 13.2. The van der Waals surface area contributed by atoms with Crippen molar-refractivity contribution in [3.05, 3.63) is 53.3 Å². The summed E-state index contributed by atoms with van der Waals surface area (Å²) in [7, 11) is 1.49. The quantitative estimate of drug-likeness (QED) is 0.705. The lowest BCUT2D eigenvalue weighted by molar-refractivity contribution is 0.0698. The second kappa shape index (κ2) is 7.11. The molecule has 0 radical (unpaired) electrons. The molecule has 0 bridgehead atoms. The predicted octanol–water partition coefficient (Wildman–Crippen LogP) is 4.08. The highest BCUT2D eigenvalue weighted by atomic mass is 19.1. The van der Waals surface area contributed by atoms with Gasteiger partial charge >= 0.3 is 5.97 Å². The van der Waals surface area contributed by atoms with Crippen molar-refractivity contribution in [1.29, 1.82) is 0 Å². The Balaban J connectivity index is 2.30. The van der Waals surface area contributed by atoms with Gasteiger partial charge in [0, 0.05) is 18.0 Å². The molecule has 3 rings (SSSR count). The summed E-state index contributed by atoms with van der Waals surface area (Å²) in [5.41, 5.74) is 0.794. The van der Waals surface area contributed by atoms with Crippen molar-refractivity contribution < 1.29 is 28.2 Å². The number of hydrogen-bond acceptors (Lipinski definition) is 4. The molecule has 140 valence electrons. The number of carbonyl (C=O) groups excluding carboxylic acids is 1. The van der Waals surface area contributed by atoms with E-state index in [-0.39, 0.29) is 40.2 Å². The number of fused-ring (bicyclic) bond motifs is 1. The molecule has 2 N–H and O–H groups in total. The number of carboxylic acids is 1. The molecule has 7 heteroatoms. The van der Waals surface area contributed by atoms with Crippen LogP contribution in [0.5, 0.6) is 5.75 Å². The van der Waals surface area contributed by atoms with Crippen LogP contribution in [-0.2, 0) is 0 Å². The first-order chi connectivity index (χ1) is 12.8. The highest BCUT2D eigenvalue weighted by molar-refractivity contribution is 6.10. The maximum Gasteiger partial charge on any atom is 0.340 e. The molecule has 0 aliphatic heterocycles. The summed E-state index contributed by atoms with van der Waals surface area (Å²) in [5.74, 6) is -1.69. The van der Waals surface area contributed by atoms with Crippen LogP contribution >= 0.6 is 0 Å². The number of nitrogens with one attached hydrogen (secondary N) is 1. The number of carbonyl (C=O) groups is 2. The molecule has 27 heavy (non-hydrogen) atoms. The lowest BCUT2D eigenvalue weighted by Gasteiger charge is -2.13. The lowest BCUT2D eigenvalue weighted by Crippen LogP contribution is -2.20. The zero-order valence-electron chi connectivity index (χ0n) is 15.0. The predicted molar refractivity (Wildman–Crippen MR) is 97.7 cm³/mol. The number of ether oxygens (including phenoxy) is 1. The Labute approximate surface area is 154 Å². The minimum absolute atomic E-state index is 0.0753. The minimum Gasteiger partial charge on any atom is -0.490 e. The first-order valence-corrected chi connectivity index (χ1v) is 8.30. The number of rotatable bonds is 5. The minimum atomic E-state index is -1.20. The monoisotopic (exact) mass is 371 g/mol. The van der Waals surface area contributed by atoms with Crippen LogP contribution in [0.3, 0.4) is 0 Å². The largest absolute Gasteiger partial charge is 0.490 e. The number of halogens is 1. The summed E-state index contributed by atoms with van der Waals surface area (Å²) in [6, 6.07) is 8.25. The van der Waals surface area contributed by atoms with Crippen molar-refractivity contribution >= 4 is 22.8 Å². The van der Waals surface area contributed by atoms with E-state index in [1.54, 1.807) is 13.8 Å². The second-order valence-electron chi connectivity index (χ2n) is 6.21. The Morgan fingerprint density at radius 1 is 1.19 bits per heavy atom. The van der Waals surface area contributed by atoms with Gasteiger partial charge in [0.1, 0.15) is 28.5 Å². The molecule has 0 spiro atoms. The summed E-state index contributed by atoms with van der Waals surface area (Å²) in [6.07, 6.45) is -0.220. The van der Waals surface area contributed by atoms with Gasteiger partial charge < -0.3 is 19.6 Å². The summed E-state index contributed by atoms with van der Waals surface area (Å²) in [5, 5.41) is 12.5. The number of benzene rings is 2. The highest BCUT2D eigenvalue weighted by Gasteiger charge is 2.25. The molecule has 3 aromatic rings. The Bertz CT molecular complexity index is 1020. The summed E-state index contributed by atoms with van der Waals surface area (Å²) < 4.78 is 24.7. The van der Waals surface area contributed by atoms with Gasteiger partial charge in [-0.3, -0.25) is 4.79 Å². The fourth-order valence-corrected chi connectivity index (χ4v) is 2.80. The molecular formula is C20H18FNO5. The number of hydrogen-bond donors (Lipinski definition) is 2. The topological polar surface area (TPSA) is 88.8 Å². The zero-order valence-corrected chi connectivity index (χ0v) is 15.0. The summed E-state index contributed by atoms with van der Waals surface area (Å²) in [6.45, 7) is 3.60. The number of carboxylic acid groups (broad SMARTS) is 1. The van der Waals surface area contributed by atoms with Crippen LogP contribution in [0.15, 0.2) is 40.8 Å². The maximum atomic E-state index is 13.2. The van der Waals surface area contributed by atoms with Gasteiger partial charge in [-0.2, -0.15) is 0 Å². The third-order valence-electron chi connectivity index (χ3n) is 3.94. The molecule has 1 amide bonds. The van der Waals surface area contributed by atoms with Crippen LogP contribution in [0.2, 0.25) is 0 Å². The van der Waals surface area contributed by atoms with E-state index in [1.165, 1.54) is 43.4 Å². The van der Waals surface area contributed by atoms with E-state index in [9.17, 15) is 19.1 Å². The molecule has 1 aromatic heterocycles. The fraction of sp³-hybridized carbons (Fsp3) is 0.200. The first-order valence-electron chi connectivity index (χ1n) is 8.30. The lowest BCUT2D eigenvalue weighted by atomic mass is 10.0. The van der Waals surface area contributed by atoms with Crippen LogP contribution < -0.4 is 10.1 Å². The van der Waals surface area contributed by atoms with E-state index in [4.69, 9.17) is 9.15 Å². The average Bonchev–Trinajstić information content (AvgIpc) is 2.99. The van der Waals surface area contributed by atoms with Gasteiger partial charge in [0.15, 0.2) is 0 Å². The Morgan fingerprint density at radius 3 is 2.41 bits per heavy atom. The third-order valence-corrected chi connectivity index (χ3v) is 3.94. The Morgan fingerprint density at radius 2 is 1.85 bits per heavy atom. The molecule has 6 nitrogen and oxygen atoms in total. The molecule has 0 aliphatic carbocycles. The van der Waals surface area contributed by atoms with Crippen molar-refractivity contribution in [3.8, 4) is 17.1 Å². The van der Waals surface area contributed by atoms with Gasteiger partial charge in [0.25, 0.3) is 5.91 Å². The third kappa shape index (κ3) is 3.48. The van der Waals surface area contributed by atoms with Crippen molar-refractivity contribution in [2.24, 2.45) is 0 Å². The van der Waals surface area contributed by atoms with Crippen molar-refractivity contribution in [2.75, 3.05) is 7.05 Å². The van der Waals surface area contributed by atoms with Crippen LogP contribution in [0.25, 0.3) is 22.3 Å². The molecule has 0 saturated heterocycles. The van der Waals surface area contributed by atoms with Gasteiger partial charge in [0.2, 0.25) is 0 Å². The zero-order chi connectivity index (χ0) is 19.7. The number of amides is 1. The van der Waals surface area contributed by atoms with Gasteiger partial charge in [-0.1, -0.05) is 0 Å². The van der Waals surface area contributed by atoms with Crippen LogP contribution in [0.1, 0.15) is 34.6 Å². The van der Waals surface area contributed by atoms with Gasteiger partial charge in [-0.25, -0.2) is 9.18 Å². The van der Waals surface area contributed by atoms with Gasteiger partial charge in [-0.15, -0.1) is 0 Å². The summed E-state index contributed by atoms with van der Waals surface area (Å²) in [4.78, 5) is 24.1. The van der Waals surface area contributed by atoms with E-state index in [1.807, 2.05) is 0 Å². The molecular weight excluding hydrogens is 353 g/mol. The van der Waals surface area contributed by atoms with Crippen LogP contribution in [0.4, 0.5) is 4.39 Å².